The SMILES string of the molecule is O=[SH](=O)O.[Cu].[PbH2].[Zn]. The van der Waals surface area contributed by atoms with E-state index < -0.39 is 11.0 Å². The first-order valence-corrected chi connectivity index (χ1v) is 1.70. The van der Waals surface area contributed by atoms with Gasteiger partial charge in [0.05, 0.1) is 0 Å². The minimum Gasteiger partial charge on any atom is 0 e. The molecule has 3 radical (unpaired) electrons. The predicted octanol–water partition coefficient (Wildman–Crippen LogP) is -1.85. The van der Waals surface area contributed by atoms with Crippen LogP contribution in [0.1, 0.15) is 0 Å². The van der Waals surface area contributed by atoms with Gasteiger partial charge >= 0.3 is 27.3 Å². The van der Waals surface area contributed by atoms with Gasteiger partial charge in [0.15, 0.2) is 0 Å². The Kier molecular flexibility index (Phi) is 51.6. The zero-order valence-electron chi connectivity index (χ0n) is 3.43. The molecule has 45 valence electrons. The molecule has 0 aromatic heterocycles. The van der Waals surface area contributed by atoms with E-state index in [4.69, 9.17) is 13.0 Å². The van der Waals surface area contributed by atoms with Gasteiger partial charge in [-0.3, -0.25) is 4.55 Å². The number of hydrogen-bond donors (Lipinski definition) is 2. The van der Waals surface area contributed by atoms with E-state index >= 15 is 0 Å². The van der Waals surface area contributed by atoms with Crippen LogP contribution in [0, 0.1) is 0 Å². The summed E-state index contributed by atoms with van der Waals surface area (Å²) in [6, 6.07) is 0. The fourth-order valence-corrected chi connectivity index (χ4v) is 0. The normalized spacial score (nSPS) is 4.86. The van der Waals surface area contributed by atoms with Gasteiger partial charge in [0.2, 0.25) is 0 Å². The summed E-state index contributed by atoms with van der Waals surface area (Å²) in [5.74, 6) is 0. The minimum absolute atomic E-state index is 0. The van der Waals surface area contributed by atoms with Gasteiger partial charge in [0.25, 0.3) is 11.0 Å². The van der Waals surface area contributed by atoms with Gasteiger partial charge in [0, 0.05) is 36.5 Å². The molecule has 0 saturated heterocycles. The molecule has 7 heteroatoms. The molecule has 0 aliphatic heterocycles. The van der Waals surface area contributed by atoms with Crippen LogP contribution >= 0.6 is 0 Å². The maximum Gasteiger partial charge on any atom is 0 e. The van der Waals surface area contributed by atoms with E-state index in [1.54, 1.807) is 0 Å². The van der Waals surface area contributed by atoms with Gasteiger partial charge in [0.1, 0.15) is 0 Å². The third kappa shape index (κ3) is 73.0. The van der Waals surface area contributed by atoms with Gasteiger partial charge in [-0.25, -0.2) is 8.42 Å². The Balaban J connectivity index is -0.0000000150. The molecule has 0 rings (SSSR count). The van der Waals surface area contributed by atoms with Crippen LogP contribution in [0.4, 0.5) is 0 Å². The maximum absolute atomic E-state index is 8.59. The number of rotatable bonds is 0. The summed E-state index contributed by atoms with van der Waals surface area (Å²) < 4.78 is 24.2. The molecule has 7 heavy (non-hydrogen) atoms. The summed E-state index contributed by atoms with van der Waals surface area (Å²) in [5.41, 5.74) is 0. The zero-order chi connectivity index (χ0) is 3.58. The molecule has 0 atom stereocenters. The van der Waals surface area contributed by atoms with E-state index in [1.807, 2.05) is 0 Å². The Morgan fingerprint density at radius 1 is 1.29 bits per heavy atom. The molecule has 0 amide bonds. The van der Waals surface area contributed by atoms with Crippen molar-refractivity contribution in [1.29, 1.82) is 0 Å². The van der Waals surface area contributed by atoms with Crippen LogP contribution in [-0.4, -0.2) is 40.3 Å². The van der Waals surface area contributed by atoms with E-state index in [0.717, 1.165) is 0 Å². The van der Waals surface area contributed by atoms with Crippen LogP contribution in [0.3, 0.4) is 0 Å². The molecule has 0 aromatic carbocycles. The molecule has 0 aliphatic rings. The van der Waals surface area contributed by atoms with E-state index in [2.05, 4.69) is 0 Å². The first-order chi connectivity index (χ1) is 1.73. The molecule has 0 saturated carbocycles. The second kappa shape index (κ2) is 15.7. The van der Waals surface area contributed by atoms with Crippen molar-refractivity contribution in [2.75, 3.05) is 0 Å². The van der Waals surface area contributed by atoms with Crippen LogP contribution in [0.5, 0.6) is 0 Å². The smallest absolute Gasteiger partial charge is 0 e. The third-order valence-corrected chi connectivity index (χ3v) is 0. The molecule has 0 spiro atoms. The molecule has 0 fully saturated rings. The standard InChI is InChI=1S/Cu.H2O3S.Pb.Zn.2H/c;1-4(2)3;;;;/h;4H,(H,1,2,3);;;;. The summed E-state index contributed by atoms with van der Waals surface area (Å²) >= 11 is 0. The predicted molar refractivity (Wildman–Crippen MR) is 21.5 cm³/mol. The fraction of sp³-hybridized carbons (Fsp3) is 0. The van der Waals surface area contributed by atoms with Crippen LogP contribution in [0.2, 0.25) is 0 Å². The maximum atomic E-state index is 8.59. The van der Waals surface area contributed by atoms with E-state index in [-0.39, 0.29) is 63.8 Å². The van der Waals surface area contributed by atoms with Crippen molar-refractivity contribution in [3.05, 3.63) is 0 Å². The van der Waals surface area contributed by atoms with Gasteiger partial charge in [-0.2, -0.15) is 0 Å². The summed E-state index contributed by atoms with van der Waals surface area (Å²) in [7, 11) is -3.12. The second-order valence-electron chi connectivity index (χ2n) is 0.238. The van der Waals surface area contributed by atoms with Crippen LogP contribution in [0.15, 0.2) is 0 Å². The molecule has 1 N–H and O–H groups in total. The largest absolute Gasteiger partial charge is 0 e. The molecule has 0 unspecified atom stereocenters. The summed E-state index contributed by atoms with van der Waals surface area (Å²) in [4.78, 5) is 0. The second-order valence-corrected chi connectivity index (χ2v) is 0.714. The minimum atomic E-state index is -3.12. The Morgan fingerprint density at radius 3 is 1.29 bits per heavy atom. The van der Waals surface area contributed by atoms with Gasteiger partial charge in [-0.15, -0.1) is 0 Å². The van der Waals surface area contributed by atoms with Crippen molar-refractivity contribution in [1.82, 2.24) is 0 Å². The summed E-state index contributed by atoms with van der Waals surface area (Å²) in [5, 5.41) is 0. The van der Waals surface area contributed by atoms with E-state index in [9.17, 15) is 0 Å². The topological polar surface area (TPSA) is 54.4 Å². The molecule has 0 bridgehead atoms. The number of thiol groups is 1. The molecule has 0 aromatic rings. The first kappa shape index (κ1) is 23.1. The fourth-order valence-electron chi connectivity index (χ4n) is 0. The molecule has 0 heterocycles. The quantitative estimate of drug-likeness (QED) is 0.275. The van der Waals surface area contributed by atoms with Gasteiger partial charge < -0.3 is 0 Å². The Bertz CT molecular complexity index is 63.3. The van der Waals surface area contributed by atoms with E-state index in [0.29, 0.717) is 0 Å². The van der Waals surface area contributed by atoms with Crippen LogP contribution in [0.25, 0.3) is 0 Å². The Labute approximate surface area is 86.8 Å². The van der Waals surface area contributed by atoms with Crippen molar-refractivity contribution >= 4 is 38.3 Å². The Morgan fingerprint density at radius 2 is 1.29 bits per heavy atom. The molecular formula is H4CuO3PbSZn. The molecule has 0 aliphatic carbocycles. The average molecular weight is 420 g/mol. The third-order valence-electron chi connectivity index (χ3n) is 0. The molecular weight excluding hydrogens is 416 g/mol. The summed E-state index contributed by atoms with van der Waals surface area (Å²) in [6.45, 7) is 0. The van der Waals surface area contributed by atoms with Crippen molar-refractivity contribution in [2.45, 2.75) is 0 Å². The van der Waals surface area contributed by atoms with Gasteiger partial charge in [-0.1, -0.05) is 0 Å². The van der Waals surface area contributed by atoms with Crippen molar-refractivity contribution in [3.8, 4) is 0 Å². The monoisotopic (exact) mass is 419 g/mol. The van der Waals surface area contributed by atoms with Crippen molar-refractivity contribution < 1.29 is 49.5 Å². The first-order valence-electron chi connectivity index (χ1n) is 0.565. The number of hydrogen-bond acceptors (Lipinski definition) is 2. The Hall–Kier alpha value is 1.97. The van der Waals surface area contributed by atoms with Crippen molar-refractivity contribution in [3.63, 3.8) is 0 Å². The van der Waals surface area contributed by atoms with Crippen LogP contribution in [-0.2, 0) is 47.5 Å². The summed E-state index contributed by atoms with van der Waals surface area (Å²) in [6.07, 6.45) is 0. The van der Waals surface area contributed by atoms with Crippen LogP contribution < -0.4 is 0 Å². The molecule has 3 nitrogen and oxygen atoms in total. The van der Waals surface area contributed by atoms with E-state index in [1.165, 1.54) is 0 Å². The average Bonchev–Trinajstić information content (AvgIpc) is 0.811. The van der Waals surface area contributed by atoms with Gasteiger partial charge in [-0.05, 0) is 0 Å². The zero-order valence-corrected chi connectivity index (χ0v) is 13.7. The van der Waals surface area contributed by atoms with Crippen molar-refractivity contribution in [2.24, 2.45) is 0 Å².